The molecule has 6 nitrogen and oxygen atoms in total. The van der Waals surface area contributed by atoms with Crippen LogP contribution in [0.1, 0.15) is 57.8 Å². The minimum atomic E-state index is -0.721. The van der Waals surface area contributed by atoms with E-state index in [0.29, 0.717) is 5.92 Å². The van der Waals surface area contributed by atoms with Crippen molar-refractivity contribution < 1.29 is 24.2 Å². The lowest BCUT2D eigenvalue weighted by Crippen LogP contribution is -2.47. The van der Waals surface area contributed by atoms with Crippen molar-refractivity contribution in [1.82, 2.24) is 5.32 Å². The molecule has 1 amide bonds. The summed E-state index contributed by atoms with van der Waals surface area (Å²) in [6, 6.07) is 0.207. The summed E-state index contributed by atoms with van der Waals surface area (Å²) in [5.41, 5.74) is 0. The van der Waals surface area contributed by atoms with Crippen LogP contribution < -0.4 is 5.32 Å². The number of rotatable bonds is 7. The van der Waals surface area contributed by atoms with Crippen LogP contribution >= 0.6 is 0 Å². The molecule has 0 bridgehead atoms. The summed E-state index contributed by atoms with van der Waals surface area (Å²) in [7, 11) is 3.37. The van der Waals surface area contributed by atoms with Gasteiger partial charge in [-0.15, -0.1) is 0 Å². The van der Waals surface area contributed by atoms with Crippen LogP contribution in [-0.2, 0) is 19.1 Å². The predicted molar refractivity (Wildman–Crippen MR) is 89.7 cm³/mol. The van der Waals surface area contributed by atoms with Crippen LogP contribution in [0.15, 0.2) is 0 Å². The molecule has 138 valence electrons. The monoisotopic (exact) mass is 341 g/mol. The van der Waals surface area contributed by atoms with Gasteiger partial charge in [-0.05, 0) is 57.3 Å². The fourth-order valence-electron chi connectivity index (χ4n) is 4.11. The van der Waals surface area contributed by atoms with E-state index in [1.54, 1.807) is 14.2 Å². The Kier molecular flexibility index (Phi) is 7.49. The van der Waals surface area contributed by atoms with Gasteiger partial charge in [0, 0.05) is 26.7 Å². The SMILES string of the molecule is COC1CCC(OC)C(C(=O)NC2CCC(CCC(=O)O)CC2)C1. The number of hydrogen-bond donors (Lipinski definition) is 2. The molecule has 6 heteroatoms. The molecule has 2 saturated carbocycles. The summed E-state index contributed by atoms with van der Waals surface area (Å²) in [5.74, 6) is -0.300. The van der Waals surface area contributed by atoms with E-state index in [2.05, 4.69) is 5.32 Å². The third-order valence-electron chi connectivity index (χ3n) is 5.67. The second-order valence-corrected chi connectivity index (χ2v) is 7.21. The van der Waals surface area contributed by atoms with Gasteiger partial charge >= 0.3 is 5.97 Å². The molecule has 0 spiro atoms. The molecule has 0 radical (unpaired) electrons. The first-order valence-electron chi connectivity index (χ1n) is 9.11. The number of methoxy groups -OCH3 is 2. The van der Waals surface area contributed by atoms with Gasteiger partial charge in [0.05, 0.1) is 18.1 Å². The summed E-state index contributed by atoms with van der Waals surface area (Å²) >= 11 is 0. The van der Waals surface area contributed by atoms with E-state index in [-0.39, 0.29) is 36.5 Å². The van der Waals surface area contributed by atoms with E-state index in [4.69, 9.17) is 14.6 Å². The van der Waals surface area contributed by atoms with Gasteiger partial charge in [-0.1, -0.05) is 0 Å². The smallest absolute Gasteiger partial charge is 0.303 e. The molecule has 0 aromatic carbocycles. The van der Waals surface area contributed by atoms with E-state index < -0.39 is 5.97 Å². The van der Waals surface area contributed by atoms with Crippen molar-refractivity contribution in [2.75, 3.05) is 14.2 Å². The molecule has 0 aromatic heterocycles. The third kappa shape index (κ3) is 5.45. The highest BCUT2D eigenvalue weighted by Crippen LogP contribution is 2.31. The quantitative estimate of drug-likeness (QED) is 0.742. The molecule has 2 aliphatic rings. The first kappa shape index (κ1) is 19.2. The minimum Gasteiger partial charge on any atom is -0.481 e. The lowest BCUT2D eigenvalue weighted by atomic mass is 9.81. The molecule has 2 fully saturated rings. The Labute approximate surface area is 144 Å². The molecule has 0 aliphatic heterocycles. The average Bonchev–Trinajstić information content (AvgIpc) is 2.60. The predicted octanol–water partition coefficient (Wildman–Crippen LogP) is 2.36. The molecule has 0 saturated heterocycles. The van der Waals surface area contributed by atoms with Gasteiger partial charge in [-0.3, -0.25) is 9.59 Å². The lowest BCUT2D eigenvalue weighted by molar-refractivity contribution is -0.137. The van der Waals surface area contributed by atoms with Gasteiger partial charge in [-0.25, -0.2) is 0 Å². The Morgan fingerprint density at radius 2 is 1.75 bits per heavy atom. The maximum atomic E-state index is 12.7. The van der Waals surface area contributed by atoms with Crippen LogP contribution in [0.4, 0.5) is 0 Å². The van der Waals surface area contributed by atoms with Crippen LogP contribution in [-0.4, -0.2) is 49.5 Å². The summed E-state index contributed by atoms with van der Waals surface area (Å²) < 4.78 is 10.9. The number of ether oxygens (including phenoxy) is 2. The first-order valence-corrected chi connectivity index (χ1v) is 9.11. The maximum absolute atomic E-state index is 12.7. The van der Waals surface area contributed by atoms with Crippen molar-refractivity contribution in [2.24, 2.45) is 11.8 Å². The van der Waals surface area contributed by atoms with Crippen molar-refractivity contribution in [3.05, 3.63) is 0 Å². The van der Waals surface area contributed by atoms with Crippen molar-refractivity contribution in [1.29, 1.82) is 0 Å². The second kappa shape index (κ2) is 9.37. The second-order valence-electron chi connectivity index (χ2n) is 7.21. The standard InChI is InChI=1S/C18H31NO5/c1-23-14-8-9-16(24-2)15(11-14)18(22)19-13-6-3-12(4-7-13)5-10-17(20)21/h12-16H,3-11H2,1-2H3,(H,19,22)(H,20,21). The van der Waals surface area contributed by atoms with Crippen LogP contribution in [0, 0.1) is 11.8 Å². The Hall–Kier alpha value is -1.14. The number of nitrogens with one attached hydrogen (secondary N) is 1. The van der Waals surface area contributed by atoms with Crippen molar-refractivity contribution >= 4 is 11.9 Å². The minimum absolute atomic E-state index is 0.0247. The zero-order valence-electron chi connectivity index (χ0n) is 14.8. The summed E-state index contributed by atoms with van der Waals surface area (Å²) in [4.78, 5) is 23.3. The van der Waals surface area contributed by atoms with Gasteiger partial charge in [0.1, 0.15) is 0 Å². The Morgan fingerprint density at radius 1 is 1.04 bits per heavy atom. The third-order valence-corrected chi connectivity index (χ3v) is 5.67. The van der Waals surface area contributed by atoms with Gasteiger partial charge in [0.2, 0.25) is 5.91 Å². The van der Waals surface area contributed by atoms with Gasteiger partial charge in [-0.2, -0.15) is 0 Å². The molecular formula is C18H31NO5. The Bertz CT molecular complexity index is 420. The fourth-order valence-corrected chi connectivity index (χ4v) is 4.11. The number of carbonyl (C=O) groups excluding carboxylic acids is 1. The zero-order chi connectivity index (χ0) is 17.5. The van der Waals surface area contributed by atoms with E-state index in [1.165, 1.54) is 0 Å². The molecular weight excluding hydrogens is 310 g/mol. The number of carboxylic acids is 1. The first-order chi connectivity index (χ1) is 11.5. The highest BCUT2D eigenvalue weighted by atomic mass is 16.5. The van der Waals surface area contributed by atoms with Crippen LogP contribution in [0.5, 0.6) is 0 Å². The fraction of sp³-hybridized carbons (Fsp3) is 0.889. The molecule has 24 heavy (non-hydrogen) atoms. The highest BCUT2D eigenvalue weighted by Gasteiger charge is 2.36. The van der Waals surface area contributed by atoms with Crippen LogP contribution in [0.2, 0.25) is 0 Å². The summed E-state index contributed by atoms with van der Waals surface area (Å²) in [6.07, 6.45) is 7.49. The molecule has 0 heterocycles. The van der Waals surface area contributed by atoms with Gasteiger partial charge in [0.25, 0.3) is 0 Å². The van der Waals surface area contributed by atoms with Crippen molar-refractivity contribution in [2.45, 2.75) is 76.0 Å². The van der Waals surface area contributed by atoms with Crippen LogP contribution in [0.25, 0.3) is 0 Å². The van der Waals surface area contributed by atoms with Crippen molar-refractivity contribution in [3.63, 3.8) is 0 Å². The molecule has 0 aromatic rings. The molecule has 2 rings (SSSR count). The summed E-state index contributed by atoms with van der Waals surface area (Å²) in [6.45, 7) is 0. The number of carbonyl (C=O) groups is 2. The number of aliphatic carboxylic acids is 1. The number of amides is 1. The van der Waals surface area contributed by atoms with Gasteiger partial charge in [0.15, 0.2) is 0 Å². The van der Waals surface area contributed by atoms with E-state index >= 15 is 0 Å². The normalized spacial score (nSPS) is 33.8. The zero-order valence-corrected chi connectivity index (χ0v) is 14.8. The highest BCUT2D eigenvalue weighted by molar-refractivity contribution is 5.79. The largest absolute Gasteiger partial charge is 0.481 e. The molecule has 2 N–H and O–H groups in total. The lowest BCUT2D eigenvalue weighted by Gasteiger charge is -2.36. The number of carboxylic acid groups (broad SMARTS) is 1. The molecule has 3 unspecified atom stereocenters. The molecule has 3 atom stereocenters. The maximum Gasteiger partial charge on any atom is 0.303 e. The average molecular weight is 341 g/mol. The van der Waals surface area contributed by atoms with E-state index in [1.807, 2.05) is 0 Å². The Balaban J connectivity index is 1.78. The van der Waals surface area contributed by atoms with E-state index in [0.717, 1.165) is 51.4 Å². The Morgan fingerprint density at radius 3 is 2.33 bits per heavy atom. The van der Waals surface area contributed by atoms with E-state index in [9.17, 15) is 9.59 Å². The van der Waals surface area contributed by atoms with Crippen molar-refractivity contribution in [3.8, 4) is 0 Å². The van der Waals surface area contributed by atoms with Gasteiger partial charge < -0.3 is 19.9 Å². The topological polar surface area (TPSA) is 84.9 Å². The van der Waals surface area contributed by atoms with Crippen LogP contribution in [0.3, 0.4) is 0 Å². The number of hydrogen-bond acceptors (Lipinski definition) is 4. The molecule has 2 aliphatic carbocycles. The summed E-state index contributed by atoms with van der Waals surface area (Å²) in [5, 5.41) is 12.0.